The van der Waals surface area contributed by atoms with E-state index in [2.05, 4.69) is 5.32 Å². The van der Waals surface area contributed by atoms with Gasteiger partial charge in [0.1, 0.15) is 23.0 Å². The molecule has 0 atom stereocenters. The Morgan fingerprint density at radius 3 is 2.31 bits per heavy atom. The number of halogens is 2. The molecule has 0 spiro atoms. The highest BCUT2D eigenvalue weighted by molar-refractivity contribution is 7.20. The number of aryl methyl sites for hydroxylation is 1. The second-order valence-corrected chi connectivity index (χ2v) is 8.95. The summed E-state index contributed by atoms with van der Waals surface area (Å²) in [4.78, 5) is 54.1. The van der Waals surface area contributed by atoms with Crippen LogP contribution in [0.2, 0.25) is 0 Å². The number of hydrogen-bond donors (Lipinski definition) is 1. The average Bonchev–Trinajstić information content (AvgIpc) is 3.16. The number of amides is 2. The summed E-state index contributed by atoms with van der Waals surface area (Å²) in [5, 5.41) is 2.50. The molecule has 11 heteroatoms. The molecule has 0 saturated heterocycles. The van der Waals surface area contributed by atoms with E-state index in [9.17, 15) is 28.0 Å². The predicted octanol–water partition coefficient (Wildman–Crippen LogP) is 3.14. The molecule has 0 saturated carbocycles. The zero-order valence-corrected chi connectivity index (χ0v) is 19.8. The maximum absolute atomic E-state index is 14.0. The molecule has 1 N–H and O–H groups in total. The Hall–Kier alpha value is -4.12. The zero-order chi connectivity index (χ0) is 25.4. The van der Waals surface area contributed by atoms with E-state index in [1.54, 1.807) is 27.1 Å². The van der Waals surface area contributed by atoms with Crippen LogP contribution in [-0.4, -0.2) is 39.9 Å². The molecule has 0 aliphatic carbocycles. The second kappa shape index (κ2) is 9.26. The standard InChI is InChI=1S/C24H20F2N4O4S/c1-13-19-21(32)30(15-10-8-14(25)9-11-15)24(34)29(23(19)35-20(13)22(33)28(2)3)12-18(31)27-17-7-5-4-6-16(17)26/h4-11H,12H2,1-3H3,(H,27,31). The Bertz CT molecular complexity index is 1590. The fourth-order valence-electron chi connectivity index (χ4n) is 3.61. The van der Waals surface area contributed by atoms with Crippen molar-refractivity contribution in [3.8, 4) is 5.69 Å². The van der Waals surface area contributed by atoms with Gasteiger partial charge >= 0.3 is 5.69 Å². The van der Waals surface area contributed by atoms with Crippen molar-refractivity contribution in [3.05, 3.63) is 91.4 Å². The van der Waals surface area contributed by atoms with Gasteiger partial charge in [0.15, 0.2) is 0 Å². The summed E-state index contributed by atoms with van der Waals surface area (Å²) >= 11 is 0.917. The Morgan fingerprint density at radius 1 is 1.03 bits per heavy atom. The van der Waals surface area contributed by atoms with Crippen molar-refractivity contribution in [1.29, 1.82) is 0 Å². The third kappa shape index (κ3) is 4.37. The molecule has 2 heterocycles. The fraction of sp³-hybridized carbons (Fsp3) is 0.167. The number of rotatable bonds is 5. The molecule has 0 unspecified atom stereocenters. The number of hydrogen-bond acceptors (Lipinski definition) is 5. The number of para-hydroxylation sites is 1. The van der Waals surface area contributed by atoms with Crippen molar-refractivity contribution in [3.63, 3.8) is 0 Å². The van der Waals surface area contributed by atoms with Crippen molar-refractivity contribution in [2.75, 3.05) is 19.4 Å². The third-order valence-corrected chi connectivity index (χ3v) is 6.65. The van der Waals surface area contributed by atoms with Gasteiger partial charge < -0.3 is 10.2 Å². The molecule has 0 fully saturated rings. The van der Waals surface area contributed by atoms with E-state index >= 15 is 0 Å². The molecule has 4 aromatic rings. The van der Waals surface area contributed by atoms with Crippen LogP contribution < -0.4 is 16.6 Å². The minimum Gasteiger partial charge on any atom is -0.344 e. The first-order valence-electron chi connectivity index (χ1n) is 10.4. The van der Waals surface area contributed by atoms with E-state index in [0.29, 0.717) is 5.56 Å². The lowest BCUT2D eigenvalue weighted by Gasteiger charge is -2.13. The summed E-state index contributed by atoms with van der Waals surface area (Å²) in [7, 11) is 3.11. The highest BCUT2D eigenvalue weighted by Crippen LogP contribution is 2.29. The van der Waals surface area contributed by atoms with E-state index in [-0.39, 0.29) is 32.4 Å². The summed E-state index contributed by atoms with van der Waals surface area (Å²) < 4.78 is 29.4. The van der Waals surface area contributed by atoms with Crippen LogP contribution in [0, 0.1) is 18.6 Å². The molecular weight excluding hydrogens is 478 g/mol. The van der Waals surface area contributed by atoms with E-state index in [4.69, 9.17) is 0 Å². The SMILES string of the molecule is Cc1c(C(=O)N(C)C)sc2c1c(=O)n(-c1ccc(F)cc1)c(=O)n2CC(=O)Nc1ccccc1F. The highest BCUT2D eigenvalue weighted by Gasteiger charge is 2.25. The minimum absolute atomic E-state index is 0.0699. The van der Waals surface area contributed by atoms with Gasteiger partial charge in [-0.3, -0.25) is 19.0 Å². The number of nitrogens with zero attached hydrogens (tertiary/aromatic N) is 3. The molecule has 2 aromatic heterocycles. The first-order chi connectivity index (χ1) is 16.6. The largest absolute Gasteiger partial charge is 0.344 e. The lowest BCUT2D eigenvalue weighted by atomic mass is 10.2. The van der Waals surface area contributed by atoms with Crippen LogP contribution >= 0.6 is 11.3 Å². The van der Waals surface area contributed by atoms with Crippen molar-refractivity contribution >= 4 is 39.1 Å². The van der Waals surface area contributed by atoms with Crippen molar-refractivity contribution in [1.82, 2.24) is 14.0 Å². The van der Waals surface area contributed by atoms with E-state index in [1.807, 2.05) is 0 Å². The number of anilines is 1. The first-order valence-corrected chi connectivity index (χ1v) is 11.2. The zero-order valence-electron chi connectivity index (χ0n) is 19.0. The Balaban J connectivity index is 1.94. The van der Waals surface area contributed by atoms with Gasteiger partial charge in [0.25, 0.3) is 11.5 Å². The quantitative estimate of drug-likeness (QED) is 0.458. The molecule has 8 nitrogen and oxygen atoms in total. The first kappa shape index (κ1) is 24.0. The lowest BCUT2D eigenvalue weighted by molar-refractivity contribution is -0.116. The van der Waals surface area contributed by atoms with Crippen LogP contribution in [0.1, 0.15) is 15.2 Å². The monoisotopic (exact) mass is 498 g/mol. The van der Waals surface area contributed by atoms with Crippen LogP contribution in [0.25, 0.3) is 15.9 Å². The van der Waals surface area contributed by atoms with Gasteiger partial charge in [-0.15, -0.1) is 11.3 Å². The molecule has 4 rings (SSSR count). The highest BCUT2D eigenvalue weighted by atomic mass is 32.1. The topological polar surface area (TPSA) is 93.4 Å². The summed E-state index contributed by atoms with van der Waals surface area (Å²) in [5.74, 6) is -2.29. The van der Waals surface area contributed by atoms with Crippen LogP contribution in [0.3, 0.4) is 0 Å². The van der Waals surface area contributed by atoms with Gasteiger partial charge in [0.2, 0.25) is 5.91 Å². The predicted molar refractivity (Wildman–Crippen MR) is 129 cm³/mol. The molecule has 180 valence electrons. The maximum atomic E-state index is 14.0. The average molecular weight is 499 g/mol. The number of carbonyl (C=O) groups is 2. The van der Waals surface area contributed by atoms with Crippen molar-refractivity contribution in [2.45, 2.75) is 13.5 Å². The van der Waals surface area contributed by atoms with Crippen LogP contribution in [0.15, 0.2) is 58.1 Å². The van der Waals surface area contributed by atoms with Crippen LogP contribution in [-0.2, 0) is 11.3 Å². The molecule has 35 heavy (non-hydrogen) atoms. The van der Waals surface area contributed by atoms with Crippen molar-refractivity contribution in [2.24, 2.45) is 0 Å². The maximum Gasteiger partial charge on any atom is 0.337 e. The Morgan fingerprint density at radius 2 is 1.69 bits per heavy atom. The molecule has 0 bridgehead atoms. The molecule has 2 aromatic carbocycles. The lowest BCUT2D eigenvalue weighted by Crippen LogP contribution is -2.40. The number of aromatic nitrogens is 2. The number of benzene rings is 2. The van der Waals surface area contributed by atoms with Gasteiger partial charge in [-0.1, -0.05) is 12.1 Å². The minimum atomic E-state index is -0.858. The van der Waals surface area contributed by atoms with E-state index in [0.717, 1.165) is 32.6 Å². The van der Waals surface area contributed by atoms with Gasteiger partial charge in [-0.2, -0.15) is 0 Å². The number of nitrogens with one attached hydrogen (secondary N) is 1. The molecule has 0 aliphatic rings. The van der Waals surface area contributed by atoms with Gasteiger partial charge in [0.05, 0.1) is 21.6 Å². The van der Waals surface area contributed by atoms with E-state index in [1.165, 1.54) is 35.2 Å². The molecule has 2 amide bonds. The van der Waals surface area contributed by atoms with Crippen LogP contribution in [0.5, 0.6) is 0 Å². The summed E-state index contributed by atoms with van der Waals surface area (Å²) in [5.41, 5.74) is -1.18. The summed E-state index contributed by atoms with van der Waals surface area (Å²) in [6, 6.07) is 10.3. The number of thiophene rings is 1. The number of carbonyl (C=O) groups excluding carboxylic acids is 2. The molecule has 0 radical (unpaired) electrons. The van der Waals surface area contributed by atoms with Gasteiger partial charge in [-0.25, -0.2) is 18.1 Å². The summed E-state index contributed by atoms with van der Waals surface area (Å²) in [6.45, 7) is 1.03. The molecular formula is C24H20F2N4O4S. The summed E-state index contributed by atoms with van der Waals surface area (Å²) in [6.07, 6.45) is 0. The van der Waals surface area contributed by atoms with Gasteiger partial charge in [0, 0.05) is 14.1 Å². The third-order valence-electron chi connectivity index (χ3n) is 5.35. The normalized spacial score (nSPS) is 11.0. The Kier molecular flexibility index (Phi) is 6.35. The smallest absolute Gasteiger partial charge is 0.337 e. The van der Waals surface area contributed by atoms with Crippen LogP contribution in [0.4, 0.5) is 14.5 Å². The second-order valence-electron chi connectivity index (χ2n) is 7.95. The Labute approximate surface area is 201 Å². The van der Waals surface area contributed by atoms with Gasteiger partial charge in [-0.05, 0) is 48.9 Å². The molecule has 0 aliphatic heterocycles. The van der Waals surface area contributed by atoms with E-state index < -0.39 is 35.3 Å². The number of fused-ring (bicyclic) bond motifs is 1. The van der Waals surface area contributed by atoms with Crippen molar-refractivity contribution < 1.29 is 18.4 Å². The fourth-order valence-corrected chi connectivity index (χ4v) is 4.92.